The molecule has 1 aromatic rings. The first-order valence-corrected chi connectivity index (χ1v) is 7.15. The molecule has 114 valence electrons. The summed E-state index contributed by atoms with van der Waals surface area (Å²) in [5.74, 6) is -0.785. The van der Waals surface area contributed by atoms with Gasteiger partial charge >= 0.3 is 0 Å². The summed E-state index contributed by atoms with van der Waals surface area (Å²) in [5.41, 5.74) is 6.78. The van der Waals surface area contributed by atoms with Crippen LogP contribution in [0.1, 0.15) is 23.7 Å². The monoisotopic (exact) mass is 291 g/mol. The van der Waals surface area contributed by atoms with E-state index in [0.29, 0.717) is 31.0 Å². The van der Waals surface area contributed by atoms with Crippen LogP contribution in [0.15, 0.2) is 24.3 Å². The van der Waals surface area contributed by atoms with Gasteiger partial charge in [0.05, 0.1) is 30.4 Å². The Morgan fingerprint density at radius 1 is 1.33 bits per heavy atom. The average molecular weight is 291 g/mol. The van der Waals surface area contributed by atoms with Crippen LogP contribution in [-0.2, 0) is 9.53 Å². The summed E-state index contributed by atoms with van der Waals surface area (Å²) in [6, 6.07) is 6.63. The van der Waals surface area contributed by atoms with Crippen LogP contribution in [0.4, 0.5) is 5.69 Å². The van der Waals surface area contributed by atoms with Crippen molar-refractivity contribution in [1.82, 2.24) is 5.32 Å². The lowest BCUT2D eigenvalue weighted by atomic mass is 10.0. The highest BCUT2D eigenvalue weighted by atomic mass is 16.5. The Labute approximate surface area is 124 Å². The fourth-order valence-corrected chi connectivity index (χ4v) is 2.19. The third-order valence-corrected chi connectivity index (χ3v) is 3.43. The molecule has 1 saturated heterocycles. The summed E-state index contributed by atoms with van der Waals surface area (Å²) in [6.45, 7) is 3.28. The number of amides is 2. The van der Waals surface area contributed by atoms with E-state index in [0.717, 1.165) is 6.42 Å². The van der Waals surface area contributed by atoms with Crippen molar-refractivity contribution in [3.63, 3.8) is 0 Å². The van der Waals surface area contributed by atoms with Gasteiger partial charge in [0.25, 0.3) is 5.91 Å². The van der Waals surface area contributed by atoms with Gasteiger partial charge in [-0.15, -0.1) is 0 Å². The van der Waals surface area contributed by atoms with Crippen LogP contribution in [-0.4, -0.2) is 37.6 Å². The van der Waals surface area contributed by atoms with Crippen LogP contribution < -0.4 is 16.4 Å². The van der Waals surface area contributed by atoms with Crippen molar-refractivity contribution < 1.29 is 14.3 Å². The third kappa shape index (κ3) is 3.80. The van der Waals surface area contributed by atoms with Crippen LogP contribution >= 0.6 is 0 Å². The number of rotatable bonds is 5. The number of carbonyl (C=O) groups excluding carboxylic acids is 2. The van der Waals surface area contributed by atoms with Crippen molar-refractivity contribution in [3.8, 4) is 0 Å². The molecule has 0 radical (unpaired) electrons. The topological polar surface area (TPSA) is 93.5 Å². The normalized spacial score (nSPS) is 21.0. The molecule has 1 aromatic carbocycles. The fraction of sp³-hybridized carbons (Fsp3) is 0.467. The molecule has 2 atom stereocenters. The summed E-state index contributed by atoms with van der Waals surface area (Å²) in [5, 5.41) is 5.58. The van der Waals surface area contributed by atoms with Crippen LogP contribution in [0.5, 0.6) is 0 Å². The Morgan fingerprint density at radius 2 is 2.10 bits per heavy atom. The van der Waals surface area contributed by atoms with Gasteiger partial charge in [-0.1, -0.05) is 19.1 Å². The molecule has 2 unspecified atom stereocenters. The Bertz CT molecular complexity index is 519. The number of ether oxygens (including phenoxy) is 1. The molecule has 2 rings (SSSR count). The minimum atomic E-state index is -0.378. The van der Waals surface area contributed by atoms with Gasteiger partial charge in [0.1, 0.15) is 0 Å². The zero-order valence-corrected chi connectivity index (χ0v) is 12.1. The molecule has 4 N–H and O–H groups in total. The second-order valence-corrected chi connectivity index (χ2v) is 5.10. The molecule has 0 spiro atoms. The summed E-state index contributed by atoms with van der Waals surface area (Å²) >= 11 is 0. The molecule has 6 heteroatoms. The standard InChI is InChI=1S/C15H21N3O3/c1-2-7-17-14(19)10-5-3-4-6-13(10)18-15(20)11-8-21-9-12(11)16/h3-6,11-12H,2,7-9,16H2,1H3,(H,17,19)(H,18,20). The molecular weight excluding hydrogens is 270 g/mol. The van der Waals surface area contributed by atoms with E-state index in [1.54, 1.807) is 24.3 Å². The Hall–Kier alpha value is -1.92. The highest BCUT2D eigenvalue weighted by Gasteiger charge is 2.31. The van der Waals surface area contributed by atoms with Gasteiger partial charge in [0, 0.05) is 12.6 Å². The maximum Gasteiger partial charge on any atom is 0.253 e. The van der Waals surface area contributed by atoms with E-state index in [9.17, 15) is 9.59 Å². The molecule has 0 aromatic heterocycles. The van der Waals surface area contributed by atoms with Gasteiger partial charge in [-0.25, -0.2) is 0 Å². The van der Waals surface area contributed by atoms with E-state index in [2.05, 4.69) is 10.6 Å². The first-order valence-electron chi connectivity index (χ1n) is 7.15. The number of nitrogens with one attached hydrogen (secondary N) is 2. The number of nitrogens with two attached hydrogens (primary N) is 1. The van der Waals surface area contributed by atoms with Crippen molar-refractivity contribution in [2.75, 3.05) is 25.1 Å². The minimum absolute atomic E-state index is 0.195. The zero-order valence-electron chi connectivity index (χ0n) is 12.1. The first-order chi connectivity index (χ1) is 10.1. The predicted molar refractivity (Wildman–Crippen MR) is 80.0 cm³/mol. The molecule has 21 heavy (non-hydrogen) atoms. The van der Waals surface area contributed by atoms with Crippen LogP contribution in [0.3, 0.4) is 0 Å². The Morgan fingerprint density at radius 3 is 2.76 bits per heavy atom. The molecule has 1 heterocycles. The molecule has 1 aliphatic rings. The summed E-state index contributed by atoms with van der Waals surface area (Å²) < 4.78 is 5.19. The Kier molecular flexibility index (Phi) is 5.30. The average Bonchev–Trinajstić information content (AvgIpc) is 2.91. The largest absolute Gasteiger partial charge is 0.379 e. The number of carbonyl (C=O) groups is 2. The van der Waals surface area contributed by atoms with E-state index in [4.69, 9.17) is 10.5 Å². The number of anilines is 1. The molecule has 1 aliphatic heterocycles. The number of benzene rings is 1. The predicted octanol–water partition coefficient (Wildman–Crippen LogP) is 0.739. The van der Waals surface area contributed by atoms with E-state index in [-0.39, 0.29) is 23.8 Å². The maximum absolute atomic E-state index is 12.2. The second kappa shape index (κ2) is 7.19. The van der Waals surface area contributed by atoms with Gasteiger partial charge in [-0.2, -0.15) is 0 Å². The molecule has 1 fully saturated rings. The molecule has 2 amide bonds. The number of hydrogen-bond acceptors (Lipinski definition) is 4. The van der Waals surface area contributed by atoms with E-state index in [1.165, 1.54) is 0 Å². The third-order valence-electron chi connectivity index (χ3n) is 3.43. The summed E-state index contributed by atoms with van der Waals surface area (Å²) in [7, 11) is 0. The summed E-state index contributed by atoms with van der Waals surface area (Å²) in [6.07, 6.45) is 0.856. The second-order valence-electron chi connectivity index (χ2n) is 5.10. The van der Waals surface area contributed by atoms with Gasteiger partial charge in [0.15, 0.2) is 0 Å². The molecule has 6 nitrogen and oxygen atoms in total. The number of para-hydroxylation sites is 1. The highest BCUT2D eigenvalue weighted by molar-refractivity contribution is 6.04. The van der Waals surface area contributed by atoms with Crippen molar-refractivity contribution in [1.29, 1.82) is 0 Å². The lowest BCUT2D eigenvalue weighted by molar-refractivity contribution is -0.120. The van der Waals surface area contributed by atoms with Crippen LogP contribution in [0.25, 0.3) is 0 Å². The SMILES string of the molecule is CCCNC(=O)c1ccccc1NC(=O)C1COCC1N. The molecule has 0 aliphatic carbocycles. The number of hydrogen-bond donors (Lipinski definition) is 3. The van der Waals surface area contributed by atoms with Crippen LogP contribution in [0, 0.1) is 5.92 Å². The molecular formula is C15H21N3O3. The fourth-order valence-electron chi connectivity index (χ4n) is 2.19. The highest BCUT2D eigenvalue weighted by Crippen LogP contribution is 2.19. The Balaban J connectivity index is 2.09. The lowest BCUT2D eigenvalue weighted by Crippen LogP contribution is -2.37. The van der Waals surface area contributed by atoms with Gasteiger partial charge in [0.2, 0.25) is 5.91 Å². The van der Waals surface area contributed by atoms with Crippen molar-refractivity contribution >= 4 is 17.5 Å². The van der Waals surface area contributed by atoms with Crippen molar-refractivity contribution in [3.05, 3.63) is 29.8 Å². The van der Waals surface area contributed by atoms with E-state index >= 15 is 0 Å². The molecule has 0 bridgehead atoms. The smallest absolute Gasteiger partial charge is 0.253 e. The van der Waals surface area contributed by atoms with Gasteiger partial charge < -0.3 is 21.1 Å². The van der Waals surface area contributed by atoms with Crippen LogP contribution in [0.2, 0.25) is 0 Å². The maximum atomic E-state index is 12.2. The first kappa shape index (κ1) is 15.5. The molecule has 0 saturated carbocycles. The van der Waals surface area contributed by atoms with Crippen molar-refractivity contribution in [2.24, 2.45) is 11.7 Å². The van der Waals surface area contributed by atoms with E-state index in [1.807, 2.05) is 6.92 Å². The van der Waals surface area contributed by atoms with Crippen molar-refractivity contribution in [2.45, 2.75) is 19.4 Å². The minimum Gasteiger partial charge on any atom is -0.379 e. The van der Waals surface area contributed by atoms with Gasteiger partial charge in [-0.05, 0) is 18.6 Å². The lowest BCUT2D eigenvalue weighted by Gasteiger charge is -2.15. The summed E-state index contributed by atoms with van der Waals surface area (Å²) in [4.78, 5) is 24.3. The van der Waals surface area contributed by atoms with Gasteiger partial charge in [-0.3, -0.25) is 9.59 Å². The zero-order chi connectivity index (χ0) is 15.2. The quantitative estimate of drug-likeness (QED) is 0.746. The van der Waals surface area contributed by atoms with E-state index < -0.39 is 0 Å².